The zero-order valence-corrected chi connectivity index (χ0v) is 16.7. The van der Waals surface area contributed by atoms with Crippen molar-refractivity contribution >= 4 is 38.4 Å². The first-order valence-electron chi connectivity index (χ1n) is 9.55. The van der Waals surface area contributed by atoms with Gasteiger partial charge in [-0.2, -0.15) is 5.10 Å². The Morgan fingerprint density at radius 1 is 1.10 bits per heavy atom. The van der Waals surface area contributed by atoms with E-state index in [1.807, 2.05) is 42.5 Å². The van der Waals surface area contributed by atoms with Crippen LogP contribution in [0.5, 0.6) is 0 Å². The van der Waals surface area contributed by atoms with Crippen LogP contribution in [0, 0.1) is 0 Å². The fourth-order valence-corrected chi connectivity index (χ4v) is 4.36. The van der Waals surface area contributed by atoms with Crippen LogP contribution in [0.2, 0.25) is 0 Å². The summed E-state index contributed by atoms with van der Waals surface area (Å²) in [7, 11) is 0. The number of carboxylic acid groups (broad SMARTS) is 1. The Morgan fingerprint density at radius 3 is 2.87 bits per heavy atom. The van der Waals surface area contributed by atoms with Crippen molar-refractivity contribution in [2.24, 2.45) is 5.10 Å². The highest BCUT2D eigenvalue weighted by molar-refractivity contribution is 7.22. The van der Waals surface area contributed by atoms with Crippen LogP contribution in [0.4, 0.5) is 5.13 Å². The Bertz CT molecular complexity index is 1260. The van der Waals surface area contributed by atoms with E-state index in [9.17, 15) is 9.90 Å². The first-order chi connectivity index (χ1) is 14.7. The lowest BCUT2D eigenvalue weighted by molar-refractivity contribution is 0.0690. The molecule has 2 aromatic heterocycles. The number of hydrazone groups is 1. The molecule has 8 heteroatoms. The third-order valence-corrected chi connectivity index (χ3v) is 5.93. The number of aryl methyl sites for hydroxylation is 1. The molecule has 0 radical (unpaired) electrons. The van der Waals surface area contributed by atoms with Crippen molar-refractivity contribution in [2.75, 3.05) is 5.43 Å². The zero-order valence-electron chi connectivity index (χ0n) is 15.9. The maximum atomic E-state index is 11.2. The number of hydrogen-bond donors (Lipinski definition) is 2. The predicted octanol–water partition coefficient (Wildman–Crippen LogP) is 4.60. The average molecular weight is 415 g/mol. The van der Waals surface area contributed by atoms with Crippen molar-refractivity contribution < 1.29 is 9.90 Å². The average Bonchev–Trinajstić information content (AvgIpc) is 3.20. The molecule has 0 spiro atoms. The van der Waals surface area contributed by atoms with Crippen molar-refractivity contribution in [3.05, 3.63) is 71.5 Å². The molecule has 0 bridgehead atoms. The van der Waals surface area contributed by atoms with Gasteiger partial charge in [0.05, 0.1) is 15.9 Å². The van der Waals surface area contributed by atoms with Crippen molar-refractivity contribution in [3.63, 3.8) is 0 Å². The normalized spacial score (nSPS) is 14.6. The van der Waals surface area contributed by atoms with Crippen molar-refractivity contribution in [2.45, 2.75) is 19.3 Å². The monoisotopic (exact) mass is 415 g/mol. The maximum absolute atomic E-state index is 11.2. The van der Waals surface area contributed by atoms with Crippen LogP contribution in [-0.4, -0.2) is 31.7 Å². The summed E-state index contributed by atoms with van der Waals surface area (Å²) >= 11 is 1.57. The summed E-state index contributed by atoms with van der Waals surface area (Å²) in [6.07, 6.45) is 4.32. The number of carboxylic acids is 1. The summed E-state index contributed by atoms with van der Waals surface area (Å²) in [4.78, 5) is 24.2. The van der Waals surface area contributed by atoms with Crippen LogP contribution in [0.15, 0.2) is 59.8 Å². The lowest BCUT2D eigenvalue weighted by Gasteiger charge is -2.18. The molecule has 1 aliphatic carbocycles. The fraction of sp³-hybridized carbons (Fsp3) is 0.136. The Hall–Kier alpha value is -3.65. The molecule has 0 aliphatic heterocycles. The smallest absolute Gasteiger partial charge is 0.354 e. The van der Waals surface area contributed by atoms with Gasteiger partial charge in [0.1, 0.15) is 0 Å². The van der Waals surface area contributed by atoms with E-state index in [1.54, 1.807) is 11.3 Å². The summed E-state index contributed by atoms with van der Waals surface area (Å²) in [5.74, 6) is -0.680. The number of nitrogens with one attached hydrogen (secondary N) is 1. The van der Waals surface area contributed by atoms with Gasteiger partial charge in [-0.25, -0.2) is 19.7 Å². The number of fused-ring (bicyclic) bond motifs is 2. The first-order valence-corrected chi connectivity index (χ1v) is 10.4. The molecule has 2 heterocycles. The van der Waals surface area contributed by atoms with E-state index >= 15 is 0 Å². The number of nitrogens with zero attached hydrogens (tertiary/aromatic N) is 4. The molecule has 4 aromatic rings. The highest BCUT2D eigenvalue weighted by Gasteiger charge is 2.18. The highest BCUT2D eigenvalue weighted by atomic mass is 32.1. The predicted molar refractivity (Wildman–Crippen MR) is 117 cm³/mol. The van der Waals surface area contributed by atoms with Gasteiger partial charge in [-0.05, 0) is 49.1 Å². The highest BCUT2D eigenvalue weighted by Crippen LogP contribution is 2.28. The molecule has 0 amide bonds. The Kier molecular flexibility index (Phi) is 4.68. The van der Waals surface area contributed by atoms with Crippen LogP contribution >= 0.6 is 11.3 Å². The fourth-order valence-electron chi connectivity index (χ4n) is 3.55. The Balaban J connectivity index is 1.48. The number of carbonyl (C=O) groups is 1. The number of benzene rings is 2. The minimum Gasteiger partial charge on any atom is -0.477 e. The molecular weight excluding hydrogens is 398 g/mol. The summed E-state index contributed by atoms with van der Waals surface area (Å²) in [6, 6.07) is 15.4. The second kappa shape index (κ2) is 7.64. The summed E-state index contributed by atoms with van der Waals surface area (Å²) in [5, 5.41) is 14.6. The van der Waals surface area contributed by atoms with Crippen LogP contribution in [0.25, 0.3) is 21.6 Å². The van der Waals surface area contributed by atoms with Gasteiger partial charge in [0.2, 0.25) is 5.13 Å². The van der Waals surface area contributed by atoms with Gasteiger partial charge in [-0.1, -0.05) is 35.6 Å². The molecule has 2 aromatic carbocycles. The summed E-state index contributed by atoms with van der Waals surface area (Å²) in [6.45, 7) is 0. The number of hydrogen-bond acceptors (Lipinski definition) is 7. The van der Waals surface area contributed by atoms with Crippen molar-refractivity contribution in [3.8, 4) is 11.4 Å². The first kappa shape index (κ1) is 18.4. The number of para-hydroxylation sites is 1. The Labute approximate surface area is 176 Å². The van der Waals surface area contributed by atoms with Gasteiger partial charge in [0.15, 0.2) is 11.5 Å². The molecule has 0 unspecified atom stereocenters. The molecule has 0 saturated heterocycles. The molecule has 148 valence electrons. The van der Waals surface area contributed by atoms with Crippen molar-refractivity contribution in [1.29, 1.82) is 0 Å². The standard InChI is InChI=1S/C22H17N5O2S/c28-21(29)18-10-11-23-20(24-18)14-9-8-13-4-3-6-16(15(13)12-14)26-27-22-25-17-5-1-2-7-19(17)30-22/h1-2,5,7-12H,3-4,6H2,(H,25,27)(H,28,29)/b26-16-. The third-order valence-electron chi connectivity index (χ3n) is 4.99. The second-order valence-corrected chi connectivity index (χ2v) is 7.98. The van der Waals surface area contributed by atoms with Crippen LogP contribution in [0.1, 0.15) is 34.5 Å². The van der Waals surface area contributed by atoms with Crippen LogP contribution in [-0.2, 0) is 6.42 Å². The quantitative estimate of drug-likeness (QED) is 0.472. The molecule has 2 N–H and O–H groups in total. The second-order valence-electron chi connectivity index (χ2n) is 6.95. The van der Waals surface area contributed by atoms with Gasteiger partial charge in [-0.3, -0.25) is 5.43 Å². The SMILES string of the molecule is O=C(O)c1ccnc(-c2ccc3c(c2)/C(=N\Nc2nc4ccccc4s2)CCC3)n1. The topological polar surface area (TPSA) is 100 Å². The Morgan fingerprint density at radius 2 is 2.00 bits per heavy atom. The van der Waals surface area contributed by atoms with Crippen molar-refractivity contribution in [1.82, 2.24) is 15.0 Å². The lowest BCUT2D eigenvalue weighted by atomic mass is 9.88. The third kappa shape index (κ3) is 3.53. The largest absolute Gasteiger partial charge is 0.477 e. The lowest BCUT2D eigenvalue weighted by Crippen LogP contribution is -2.14. The molecule has 5 rings (SSSR count). The van der Waals surface area contributed by atoms with Gasteiger partial charge in [-0.15, -0.1) is 0 Å². The number of anilines is 1. The molecule has 30 heavy (non-hydrogen) atoms. The number of rotatable bonds is 4. The van der Waals surface area contributed by atoms with Gasteiger partial charge < -0.3 is 5.11 Å². The summed E-state index contributed by atoms with van der Waals surface area (Å²) in [5.41, 5.74) is 8.01. The van der Waals surface area contributed by atoms with Crippen LogP contribution in [0.3, 0.4) is 0 Å². The van der Waals surface area contributed by atoms with Gasteiger partial charge >= 0.3 is 5.97 Å². The zero-order chi connectivity index (χ0) is 20.5. The number of thiazole rings is 1. The number of aromatic carboxylic acids is 1. The molecular formula is C22H17N5O2S. The molecule has 7 nitrogen and oxygen atoms in total. The van der Waals surface area contributed by atoms with E-state index in [4.69, 9.17) is 0 Å². The van der Waals surface area contributed by atoms with E-state index in [-0.39, 0.29) is 5.69 Å². The van der Waals surface area contributed by atoms with E-state index < -0.39 is 5.97 Å². The van der Waals surface area contributed by atoms with Crippen LogP contribution < -0.4 is 5.43 Å². The molecule has 1 aliphatic rings. The molecule has 0 atom stereocenters. The minimum absolute atomic E-state index is 0.0240. The maximum Gasteiger partial charge on any atom is 0.354 e. The van der Waals surface area contributed by atoms with Gasteiger partial charge in [0.25, 0.3) is 0 Å². The minimum atomic E-state index is -1.07. The molecule has 0 fully saturated rings. The molecule has 0 saturated carbocycles. The van der Waals surface area contributed by atoms with Gasteiger partial charge in [0, 0.05) is 17.3 Å². The van der Waals surface area contributed by atoms with E-state index in [2.05, 4.69) is 25.5 Å². The van der Waals surface area contributed by atoms with E-state index in [0.717, 1.165) is 51.4 Å². The van der Waals surface area contributed by atoms with E-state index in [0.29, 0.717) is 5.82 Å². The van der Waals surface area contributed by atoms with E-state index in [1.165, 1.54) is 17.8 Å². The summed E-state index contributed by atoms with van der Waals surface area (Å²) < 4.78 is 1.11. The number of aromatic nitrogens is 3.